The van der Waals surface area contributed by atoms with Gasteiger partial charge in [0.25, 0.3) is 0 Å². The maximum atomic E-state index is 12.3. The molecule has 0 saturated heterocycles. The number of hydrogen-bond acceptors (Lipinski definition) is 2. The Morgan fingerprint density at radius 1 is 1.04 bits per heavy atom. The Bertz CT molecular complexity index is 905. The van der Waals surface area contributed by atoms with Crippen molar-refractivity contribution in [3.63, 3.8) is 0 Å². The van der Waals surface area contributed by atoms with Gasteiger partial charge in [-0.1, -0.05) is 39.0 Å². The summed E-state index contributed by atoms with van der Waals surface area (Å²) in [5.41, 5.74) is 9.30. The summed E-state index contributed by atoms with van der Waals surface area (Å²) < 4.78 is 0. The van der Waals surface area contributed by atoms with E-state index in [1.807, 2.05) is 20.8 Å². The molecule has 142 valence electrons. The molecule has 1 amide bonds. The summed E-state index contributed by atoms with van der Waals surface area (Å²) >= 11 is 0. The van der Waals surface area contributed by atoms with Crippen molar-refractivity contribution < 1.29 is 4.79 Å². The van der Waals surface area contributed by atoms with Crippen molar-refractivity contribution >= 4 is 11.6 Å². The summed E-state index contributed by atoms with van der Waals surface area (Å²) in [5.74, 6) is 0.0658. The van der Waals surface area contributed by atoms with Crippen LogP contribution in [0.3, 0.4) is 0 Å². The molecule has 2 N–H and O–H groups in total. The zero-order valence-electron chi connectivity index (χ0n) is 17.3. The zero-order valence-corrected chi connectivity index (χ0v) is 17.3. The number of anilines is 1. The zero-order chi connectivity index (χ0) is 19.8. The summed E-state index contributed by atoms with van der Waals surface area (Å²) in [4.78, 5) is 12.3. The predicted octanol–water partition coefficient (Wildman–Crippen LogP) is 5.70. The van der Waals surface area contributed by atoms with Crippen LogP contribution in [0.1, 0.15) is 51.7 Å². The smallest absolute Gasteiger partial charge is 0.229 e. The van der Waals surface area contributed by atoms with Crippen LogP contribution in [0.25, 0.3) is 0 Å². The quantitative estimate of drug-likeness (QED) is 0.722. The monoisotopic (exact) mass is 362 g/mol. The number of benzene rings is 1. The molecule has 0 bridgehead atoms. The van der Waals surface area contributed by atoms with Gasteiger partial charge < -0.3 is 10.6 Å². The molecule has 2 aliphatic carbocycles. The fourth-order valence-electron chi connectivity index (χ4n) is 3.34. The summed E-state index contributed by atoms with van der Waals surface area (Å²) in [6.45, 7) is 12.2. The molecule has 0 unspecified atom stereocenters. The Balaban J connectivity index is 1.67. The van der Waals surface area contributed by atoms with Crippen LogP contribution in [0.4, 0.5) is 5.69 Å². The molecular weight excluding hydrogens is 332 g/mol. The number of carbonyl (C=O) groups is 1. The molecule has 0 fully saturated rings. The maximum absolute atomic E-state index is 12.3. The van der Waals surface area contributed by atoms with Crippen LogP contribution in [0.15, 0.2) is 64.5 Å². The normalized spacial score (nSPS) is 16.9. The average Bonchev–Trinajstić information content (AvgIpc) is 3.16. The molecular formula is C24H30N2O. The van der Waals surface area contributed by atoms with Gasteiger partial charge in [0, 0.05) is 35.3 Å². The first-order valence-corrected chi connectivity index (χ1v) is 9.60. The Kier molecular flexibility index (Phi) is 5.14. The van der Waals surface area contributed by atoms with E-state index in [2.05, 4.69) is 67.8 Å². The molecule has 1 aromatic rings. The van der Waals surface area contributed by atoms with Crippen molar-refractivity contribution in [3.05, 3.63) is 75.7 Å². The SMILES string of the molecule is CC1=C(C2=CCC(Nc3cc(C)ccc3C)=C2)CC(NC(=O)C(C)(C)C)=C1. The fourth-order valence-corrected chi connectivity index (χ4v) is 3.34. The molecule has 1 aromatic carbocycles. The third-order valence-electron chi connectivity index (χ3n) is 5.10. The Morgan fingerprint density at radius 3 is 2.48 bits per heavy atom. The summed E-state index contributed by atoms with van der Waals surface area (Å²) in [6, 6.07) is 6.48. The van der Waals surface area contributed by atoms with Gasteiger partial charge in [-0.05, 0) is 66.8 Å². The second-order valence-corrected chi connectivity index (χ2v) is 8.69. The van der Waals surface area contributed by atoms with Crippen LogP contribution in [0, 0.1) is 19.3 Å². The number of carbonyl (C=O) groups excluding carboxylic acids is 1. The molecule has 27 heavy (non-hydrogen) atoms. The van der Waals surface area contributed by atoms with Gasteiger partial charge >= 0.3 is 0 Å². The third-order valence-corrected chi connectivity index (χ3v) is 5.10. The van der Waals surface area contributed by atoms with Crippen molar-refractivity contribution in [1.82, 2.24) is 5.32 Å². The van der Waals surface area contributed by atoms with E-state index in [1.54, 1.807) is 0 Å². The van der Waals surface area contributed by atoms with Crippen molar-refractivity contribution in [3.8, 4) is 0 Å². The van der Waals surface area contributed by atoms with E-state index in [0.717, 1.165) is 18.5 Å². The van der Waals surface area contributed by atoms with Crippen molar-refractivity contribution in [2.75, 3.05) is 5.32 Å². The van der Waals surface area contributed by atoms with E-state index in [1.165, 1.54) is 39.2 Å². The Labute approximate surface area is 162 Å². The van der Waals surface area contributed by atoms with Crippen molar-refractivity contribution in [1.29, 1.82) is 0 Å². The van der Waals surface area contributed by atoms with Crippen LogP contribution in [-0.4, -0.2) is 5.91 Å². The molecule has 0 spiro atoms. The number of hydrogen-bond donors (Lipinski definition) is 2. The van der Waals surface area contributed by atoms with Gasteiger partial charge in [0.15, 0.2) is 0 Å². The first kappa shape index (κ1) is 19.2. The van der Waals surface area contributed by atoms with Crippen LogP contribution < -0.4 is 10.6 Å². The lowest BCUT2D eigenvalue weighted by Crippen LogP contribution is -2.33. The molecule has 0 saturated carbocycles. The van der Waals surface area contributed by atoms with E-state index >= 15 is 0 Å². The largest absolute Gasteiger partial charge is 0.358 e. The van der Waals surface area contributed by atoms with E-state index in [0.29, 0.717) is 0 Å². The Hall–Kier alpha value is -2.55. The Morgan fingerprint density at radius 2 is 1.78 bits per heavy atom. The van der Waals surface area contributed by atoms with Crippen molar-refractivity contribution in [2.24, 2.45) is 5.41 Å². The minimum Gasteiger partial charge on any atom is -0.358 e. The average molecular weight is 363 g/mol. The molecule has 0 aliphatic heterocycles. The highest BCUT2D eigenvalue weighted by molar-refractivity contribution is 5.83. The van der Waals surface area contributed by atoms with Crippen LogP contribution in [0.2, 0.25) is 0 Å². The van der Waals surface area contributed by atoms with Crippen LogP contribution in [-0.2, 0) is 4.79 Å². The van der Waals surface area contributed by atoms with Crippen molar-refractivity contribution in [2.45, 2.75) is 54.4 Å². The topological polar surface area (TPSA) is 41.1 Å². The molecule has 3 heteroatoms. The van der Waals surface area contributed by atoms with Gasteiger partial charge in [0.05, 0.1) is 0 Å². The fraction of sp³-hybridized carbons (Fsp3) is 0.375. The first-order chi connectivity index (χ1) is 12.6. The van der Waals surface area contributed by atoms with Crippen LogP contribution >= 0.6 is 0 Å². The predicted molar refractivity (Wildman–Crippen MR) is 113 cm³/mol. The highest BCUT2D eigenvalue weighted by atomic mass is 16.2. The molecule has 0 aromatic heterocycles. The number of allylic oxidation sites excluding steroid dienone is 6. The second kappa shape index (κ2) is 7.22. The molecule has 0 heterocycles. The number of aryl methyl sites for hydroxylation is 2. The molecule has 0 atom stereocenters. The lowest BCUT2D eigenvalue weighted by atomic mass is 9.95. The number of nitrogens with one attached hydrogen (secondary N) is 2. The summed E-state index contributed by atoms with van der Waals surface area (Å²) in [5, 5.41) is 6.67. The van der Waals surface area contributed by atoms with Gasteiger partial charge in [-0.15, -0.1) is 0 Å². The van der Waals surface area contributed by atoms with Gasteiger partial charge in [0.1, 0.15) is 0 Å². The van der Waals surface area contributed by atoms with E-state index < -0.39 is 0 Å². The van der Waals surface area contributed by atoms with Gasteiger partial charge in [-0.25, -0.2) is 0 Å². The maximum Gasteiger partial charge on any atom is 0.229 e. The van der Waals surface area contributed by atoms with E-state index in [9.17, 15) is 4.79 Å². The minimum absolute atomic E-state index is 0.0658. The minimum atomic E-state index is -0.382. The van der Waals surface area contributed by atoms with E-state index in [4.69, 9.17) is 0 Å². The highest BCUT2D eigenvalue weighted by Crippen LogP contribution is 2.35. The van der Waals surface area contributed by atoms with Gasteiger partial charge in [-0.2, -0.15) is 0 Å². The molecule has 2 aliphatic rings. The number of rotatable bonds is 4. The molecule has 0 radical (unpaired) electrons. The molecule has 3 nitrogen and oxygen atoms in total. The van der Waals surface area contributed by atoms with Crippen LogP contribution in [0.5, 0.6) is 0 Å². The lowest BCUT2D eigenvalue weighted by molar-refractivity contribution is -0.127. The highest BCUT2D eigenvalue weighted by Gasteiger charge is 2.25. The molecule has 3 rings (SSSR count). The van der Waals surface area contributed by atoms with Gasteiger partial charge in [0.2, 0.25) is 5.91 Å². The van der Waals surface area contributed by atoms with E-state index in [-0.39, 0.29) is 11.3 Å². The third kappa shape index (κ3) is 4.41. The standard InChI is InChI=1S/C24H30N2O/c1-15-7-8-16(2)22(11-15)25-19-10-9-18(13-19)21-14-20(12-17(21)3)26-23(27)24(4,5)6/h7-9,11-13,25H,10,14H2,1-6H3,(H,26,27). The van der Waals surface area contributed by atoms with Gasteiger partial charge in [-0.3, -0.25) is 4.79 Å². The number of amides is 1. The summed E-state index contributed by atoms with van der Waals surface area (Å²) in [6.07, 6.45) is 8.30. The second-order valence-electron chi connectivity index (χ2n) is 8.69. The first-order valence-electron chi connectivity index (χ1n) is 9.60. The summed E-state index contributed by atoms with van der Waals surface area (Å²) in [7, 11) is 0. The lowest BCUT2D eigenvalue weighted by Gasteiger charge is -2.18.